The van der Waals surface area contributed by atoms with Crippen LogP contribution in [-0.2, 0) is 4.79 Å². The van der Waals surface area contributed by atoms with Gasteiger partial charge in [0.05, 0.1) is 6.04 Å². The van der Waals surface area contributed by atoms with E-state index in [1.165, 1.54) is 32.4 Å². The lowest BCUT2D eigenvalue weighted by atomic mass is 9.97. The molecule has 0 saturated carbocycles. The van der Waals surface area contributed by atoms with E-state index in [1.807, 2.05) is 37.3 Å². The summed E-state index contributed by atoms with van der Waals surface area (Å²) in [7, 11) is 0. The molecule has 3 atom stereocenters. The molecule has 0 bridgehead atoms. The zero-order valence-electron chi connectivity index (χ0n) is 12.7. The van der Waals surface area contributed by atoms with Crippen LogP contribution in [0.4, 0.5) is 5.69 Å². The van der Waals surface area contributed by atoms with E-state index in [1.54, 1.807) is 0 Å². The Kier molecular flexibility index (Phi) is 4.56. The maximum Gasteiger partial charge on any atom is 0.241 e. The molecular formula is C17H25N3O. The van der Waals surface area contributed by atoms with Crippen LogP contribution in [0, 0.1) is 0 Å². The number of para-hydroxylation sites is 1. The highest BCUT2D eigenvalue weighted by atomic mass is 16.2. The molecule has 2 saturated heterocycles. The third kappa shape index (κ3) is 3.63. The summed E-state index contributed by atoms with van der Waals surface area (Å²) in [6.45, 7) is 4.40. The van der Waals surface area contributed by atoms with E-state index in [2.05, 4.69) is 15.5 Å². The lowest BCUT2D eigenvalue weighted by Gasteiger charge is -2.36. The molecule has 2 N–H and O–H groups in total. The van der Waals surface area contributed by atoms with Gasteiger partial charge in [-0.1, -0.05) is 18.2 Å². The van der Waals surface area contributed by atoms with Crippen molar-refractivity contribution in [3.8, 4) is 0 Å². The maximum absolute atomic E-state index is 12.2. The van der Waals surface area contributed by atoms with Gasteiger partial charge in [-0.05, 0) is 57.8 Å². The van der Waals surface area contributed by atoms with Gasteiger partial charge in [0.2, 0.25) is 5.91 Å². The SMILES string of the molecule is CC(NC1CCN2CCCC2C1)C(=O)Nc1ccccc1. The van der Waals surface area contributed by atoms with Crippen molar-refractivity contribution in [1.29, 1.82) is 0 Å². The number of hydrogen-bond acceptors (Lipinski definition) is 3. The van der Waals surface area contributed by atoms with Crippen LogP contribution in [0.3, 0.4) is 0 Å². The number of piperidine rings is 1. The van der Waals surface area contributed by atoms with Gasteiger partial charge in [0.1, 0.15) is 0 Å². The third-order valence-corrected chi connectivity index (χ3v) is 4.74. The Bertz CT molecular complexity index is 476. The number of nitrogens with zero attached hydrogens (tertiary/aromatic N) is 1. The van der Waals surface area contributed by atoms with Gasteiger partial charge < -0.3 is 15.5 Å². The fourth-order valence-corrected chi connectivity index (χ4v) is 3.58. The molecule has 0 radical (unpaired) electrons. The van der Waals surface area contributed by atoms with E-state index < -0.39 is 0 Å². The van der Waals surface area contributed by atoms with Crippen LogP contribution in [0.15, 0.2) is 30.3 Å². The Labute approximate surface area is 126 Å². The molecule has 1 aromatic rings. The summed E-state index contributed by atoms with van der Waals surface area (Å²) in [5.41, 5.74) is 0.863. The Morgan fingerprint density at radius 1 is 1.24 bits per heavy atom. The smallest absolute Gasteiger partial charge is 0.241 e. The van der Waals surface area contributed by atoms with Gasteiger partial charge in [-0.2, -0.15) is 0 Å². The minimum Gasteiger partial charge on any atom is -0.325 e. The highest BCUT2D eigenvalue weighted by molar-refractivity contribution is 5.94. The van der Waals surface area contributed by atoms with E-state index in [-0.39, 0.29) is 11.9 Å². The normalized spacial score (nSPS) is 27.1. The van der Waals surface area contributed by atoms with Crippen molar-refractivity contribution in [2.24, 2.45) is 0 Å². The summed E-state index contributed by atoms with van der Waals surface area (Å²) in [4.78, 5) is 14.8. The second kappa shape index (κ2) is 6.58. The molecule has 3 unspecified atom stereocenters. The molecule has 2 heterocycles. The van der Waals surface area contributed by atoms with Crippen LogP contribution >= 0.6 is 0 Å². The quantitative estimate of drug-likeness (QED) is 0.892. The Balaban J connectivity index is 1.49. The largest absolute Gasteiger partial charge is 0.325 e. The summed E-state index contributed by atoms with van der Waals surface area (Å²) in [5, 5.41) is 6.48. The molecule has 4 heteroatoms. The molecule has 114 valence electrons. The van der Waals surface area contributed by atoms with Gasteiger partial charge in [0, 0.05) is 17.8 Å². The summed E-state index contributed by atoms with van der Waals surface area (Å²) in [6, 6.07) is 10.7. The number of nitrogens with one attached hydrogen (secondary N) is 2. The Morgan fingerprint density at radius 2 is 2.05 bits per heavy atom. The van der Waals surface area contributed by atoms with Crippen LogP contribution in [0.2, 0.25) is 0 Å². The van der Waals surface area contributed by atoms with Crippen LogP contribution in [0.25, 0.3) is 0 Å². The molecule has 21 heavy (non-hydrogen) atoms. The average Bonchev–Trinajstić information content (AvgIpc) is 2.95. The average molecular weight is 287 g/mol. The topological polar surface area (TPSA) is 44.4 Å². The van der Waals surface area contributed by atoms with Crippen LogP contribution in [-0.4, -0.2) is 42.0 Å². The molecule has 3 rings (SSSR count). The van der Waals surface area contributed by atoms with Crippen molar-refractivity contribution in [2.45, 2.75) is 50.7 Å². The minimum atomic E-state index is -0.150. The van der Waals surface area contributed by atoms with E-state index >= 15 is 0 Å². The molecule has 0 spiro atoms. The number of benzene rings is 1. The van der Waals surface area contributed by atoms with Crippen molar-refractivity contribution >= 4 is 11.6 Å². The van der Waals surface area contributed by atoms with Crippen LogP contribution < -0.4 is 10.6 Å². The van der Waals surface area contributed by atoms with Crippen LogP contribution in [0.1, 0.15) is 32.6 Å². The Morgan fingerprint density at radius 3 is 2.86 bits per heavy atom. The molecule has 0 aromatic heterocycles. The van der Waals surface area contributed by atoms with Crippen LogP contribution in [0.5, 0.6) is 0 Å². The van der Waals surface area contributed by atoms with Gasteiger partial charge >= 0.3 is 0 Å². The van der Waals surface area contributed by atoms with E-state index in [4.69, 9.17) is 0 Å². The predicted octanol–water partition coefficient (Wildman–Crippen LogP) is 2.23. The molecule has 2 fully saturated rings. The highest BCUT2D eigenvalue weighted by Crippen LogP contribution is 2.27. The number of amides is 1. The molecule has 0 aliphatic carbocycles. The lowest BCUT2D eigenvalue weighted by molar-refractivity contribution is -0.118. The third-order valence-electron chi connectivity index (χ3n) is 4.74. The highest BCUT2D eigenvalue weighted by Gasteiger charge is 2.32. The first-order valence-corrected chi connectivity index (χ1v) is 8.08. The molecular weight excluding hydrogens is 262 g/mol. The number of anilines is 1. The number of carbonyl (C=O) groups is 1. The van der Waals surface area contributed by atoms with Gasteiger partial charge in [0.25, 0.3) is 0 Å². The fraction of sp³-hybridized carbons (Fsp3) is 0.588. The molecule has 1 aromatic carbocycles. The van der Waals surface area contributed by atoms with E-state index in [0.717, 1.165) is 18.2 Å². The first-order chi connectivity index (χ1) is 10.2. The summed E-state index contributed by atoms with van der Waals surface area (Å²) < 4.78 is 0. The van der Waals surface area contributed by atoms with Gasteiger partial charge in [-0.15, -0.1) is 0 Å². The van der Waals surface area contributed by atoms with Crippen molar-refractivity contribution in [1.82, 2.24) is 10.2 Å². The van der Waals surface area contributed by atoms with Crippen molar-refractivity contribution in [3.05, 3.63) is 30.3 Å². The zero-order chi connectivity index (χ0) is 14.7. The number of hydrogen-bond donors (Lipinski definition) is 2. The number of carbonyl (C=O) groups excluding carboxylic acids is 1. The minimum absolute atomic E-state index is 0.0510. The maximum atomic E-state index is 12.2. The van der Waals surface area contributed by atoms with Gasteiger partial charge in [-0.25, -0.2) is 0 Å². The van der Waals surface area contributed by atoms with E-state index in [0.29, 0.717) is 6.04 Å². The molecule has 2 aliphatic rings. The zero-order valence-corrected chi connectivity index (χ0v) is 12.7. The van der Waals surface area contributed by atoms with E-state index in [9.17, 15) is 4.79 Å². The fourth-order valence-electron chi connectivity index (χ4n) is 3.58. The summed E-state index contributed by atoms with van der Waals surface area (Å²) in [6.07, 6.45) is 4.99. The first kappa shape index (κ1) is 14.5. The van der Waals surface area contributed by atoms with Crippen molar-refractivity contribution < 1.29 is 4.79 Å². The molecule has 2 aliphatic heterocycles. The van der Waals surface area contributed by atoms with Gasteiger partial charge in [-0.3, -0.25) is 4.79 Å². The standard InChI is InChI=1S/C17H25N3O/c1-13(17(21)19-14-6-3-2-4-7-14)18-15-9-11-20-10-5-8-16(20)12-15/h2-4,6-7,13,15-16,18H,5,8-12H2,1H3,(H,19,21). The Hall–Kier alpha value is -1.39. The first-order valence-electron chi connectivity index (χ1n) is 8.08. The second-order valence-electron chi connectivity index (χ2n) is 6.30. The summed E-state index contributed by atoms with van der Waals surface area (Å²) in [5.74, 6) is 0.0510. The van der Waals surface area contributed by atoms with Gasteiger partial charge in [0.15, 0.2) is 0 Å². The molecule has 4 nitrogen and oxygen atoms in total. The molecule has 1 amide bonds. The monoisotopic (exact) mass is 287 g/mol. The number of rotatable bonds is 4. The second-order valence-corrected chi connectivity index (χ2v) is 6.30. The predicted molar refractivity (Wildman–Crippen MR) is 85.3 cm³/mol. The van der Waals surface area contributed by atoms with Crippen molar-refractivity contribution in [3.63, 3.8) is 0 Å². The summed E-state index contributed by atoms with van der Waals surface area (Å²) >= 11 is 0. The lowest BCUT2D eigenvalue weighted by Crippen LogP contribution is -2.50. The van der Waals surface area contributed by atoms with Crippen molar-refractivity contribution in [2.75, 3.05) is 18.4 Å². The number of fused-ring (bicyclic) bond motifs is 1.